The van der Waals surface area contributed by atoms with Gasteiger partial charge >= 0.3 is 0 Å². The van der Waals surface area contributed by atoms with Crippen molar-refractivity contribution in [2.45, 2.75) is 26.2 Å². The van der Waals surface area contributed by atoms with Crippen molar-refractivity contribution in [2.24, 2.45) is 0 Å². The molecule has 5 heteroatoms. The van der Waals surface area contributed by atoms with Crippen LogP contribution in [0.25, 0.3) is 0 Å². The van der Waals surface area contributed by atoms with Gasteiger partial charge in [-0.1, -0.05) is 20.8 Å². The smallest absolute Gasteiger partial charge is 0.253 e. The van der Waals surface area contributed by atoms with Crippen molar-refractivity contribution in [1.82, 2.24) is 9.97 Å². The van der Waals surface area contributed by atoms with Gasteiger partial charge in [0.25, 0.3) is 5.88 Å². The summed E-state index contributed by atoms with van der Waals surface area (Å²) in [5.74, 6) is -0.211. The number of hydrogen-bond donors (Lipinski definition) is 1. The lowest BCUT2D eigenvalue weighted by molar-refractivity contribution is 0.190. The van der Waals surface area contributed by atoms with E-state index in [-0.39, 0.29) is 24.5 Å². The van der Waals surface area contributed by atoms with Crippen molar-refractivity contribution in [3.8, 4) is 5.88 Å². The van der Waals surface area contributed by atoms with E-state index in [9.17, 15) is 4.39 Å². The highest BCUT2D eigenvalue weighted by atomic mass is 19.1. The van der Waals surface area contributed by atoms with Crippen LogP contribution in [0.5, 0.6) is 5.88 Å². The maximum absolute atomic E-state index is 13.1. The Morgan fingerprint density at radius 2 is 2.13 bits per heavy atom. The second kappa shape index (κ2) is 4.53. The number of aliphatic hydroxyl groups excluding tert-OH is 1. The Kier molecular flexibility index (Phi) is 3.57. The van der Waals surface area contributed by atoms with Crippen LogP contribution in [0, 0.1) is 5.82 Å². The number of aromatic nitrogens is 2. The molecule has 0 aliphatic heterocycles. The first-order valence-corrected chi connectivity index (χ1v) is 4.72. The fourth-order valence-corrected chi connectivity index (χ4v) is 0.956. The van der Waals surface area contributed by atoms with Crippen LogP contribution in [-0.4, -0.2) is 28.3 Å². The van der Waals surface area contributed by atoms with Gasteiger partial charge in [-0.05, 0) is 0 Å². The summed E-state index contributed by atoms with van der Waals surface area (Å²) < 4.78 is 18.1. The molecule has 1 rings (SSSR count). The molecule has 0 amide bonds. The minimum atomic E-state index is -0.614. The van der Waals surface area contributed by atoms with Crippen LogP contribution in [0.2, 0.25) is 0 Å². The molecule has 1 aromatic rings. The number of nitrogens with zero attached hydrogens (tertiary/aromatic N) is 2. The third-order valence-corrected chi connectivity index (χ3v) is 1.71. The monoisotopic (exact) mass is 214 g/mol. The van der Waals surface area contributed by atoms with Crippen LogP contribution in [0.1, 0.15) is 26.6 Å². The molecule has 0 bridgehead atoms. The number of rotatable bonds is 3. The molecule has 1 heterocycles. The predicted molar refractivity (Wildman–Crippen MR) is 53.3 cm³/mol. The Balaban J connectivity index is 2.95. The molecular formula is C10H15FN2O2. The molecule has 1 aromatic heterocycles. The third kappa shape index (κ3) is 3.13. The van der Waals surface area contributed by atoms with Crippen LogP contribution < -0.4 is 4.74 Å². The fourth-order valence-electron chi connectivity index (χ4n) is 0.956. The summed E-state index contributed by atoms with van der Waals surface area (Å²) in [5, 5.41) is 8.56. The maximum Gasteiger partial charge on any atom is 0.253 e. The first-order chi connectivity index (χ1) is 6.95. The molecule has 0 fully saturated rings. The summed E-state index contributed by atoms with van der Waals surface area (Å²) in [6.45, 7) is 5.63. The normalized spacial score (nSPS) is 11.5. The molecule has 4 nitrogen and oxygen atoms in total. The zero-order valence-corrected chi connectivity index (χ0v) is 9.12. The first-order valence-electron chi connectivity index (χ1n) is 4.72. The second-order valence-electron chi connectivity index (χ2n) is 4.17. The molecule has 0 unspecified atom stereocenters. The lowest BCUT2D eigenvalue weighted by Crippen LogP contribution is -2.17. The summed E-state index contributed by atoms with van der Waals surface area (Å²) in [4.78, 5) is 7.85. The summed E-state index contributed by atoms with van der Waals surface area (Å²) in [7, 11) is 0. The molecule has 0 aromatic carbocycles. The van der Waals surface area contributed by atoms with Crippen LogP contribution in [0.15, 0.2) is 6.20 Å². The first kappa shape index (κ1) is 11.8. The molecule has 0 radical (unpaired) electrons. The molecule has 0 aliphatic carbocycles. The van der Waals surface area contributed by atoms with Gasteiger partial charge in [-0.25, -0.2) is 4.98 Å². The molecule has 0 atom stereocenters. The third-order valence-electron chi connectivity index (χ3n) is 1.71. The lowest BCUT2D eigenvalue weighted by Gasteiger charge is -2.16. The van der Waals surface area contributed by atoms with Crippen LogP contribution >= 0.6 is 0 Å². The molecule has 0 spiro atoms. The number of halogens is 1. The highest BCUT2D eigenvalue weighted by Gasteiger charge is 2.19. The fraction of sp³-hybridized carbons (Fsp3) is 0.600. The number of hydrogen-bond acceptors (Lipinski definition) is 4. The van der Waals surface area contributed by atoms with E-state index in [0.29, 0.717) is 5.82 Å². The van der Waals surface area contributed by atoms with E-state index in [4.69, 9.17) is 9.84 Å². The van der Waals surface area contributed by atoms with Gasteiger partial charge in [-0.3, -0.25) is 0 Å². The van der Waals surface area contributed by atoms with Gasteiger partial charge in [0.2, 0.25) is 5.82 Å². The van der Waals surface area contributed by atoms with Crippen LogP contribution in [-0.2, 0) is 5.41 Å². The minimum Gasteiger partial charge on any atom is -0.473 e. The summed E-state index contributed by atoms with van der Waals surface area (Å²) in [6.07, 6.45) is 1.08. The number of aliphatic hydroxyl groups is 1. The van der Waals surface area contributed by atoms with Gasteiger partial charge in [0, 0.05) is 5.41 Å². The summed E-state index contributed by atoms with van der Waals surface area (Å²) >= 11 is 0. The zero-order valence-electron chi connectivity index (χ0n) is 9.12. The van der Waals surface area contributed by atoms with Crippen molar-refractivity contribution in [2.75, 3.05) is 13.2 Å². The lowest BCUT2D eigenvalue weighted by atomic mass is 9.96. The van der Waals surface area contributed by atoms with Gasteiger partial charge in [0.15, 0.2) is 0 Å². The van der Waals surface area contributed by atoms with Gasteiger partial charge in [-0.15, -0.1) is 0 Å². The highest BCUT2D eigenvalue weighted by Crippen LogP contribution is 2.21. The van der Waals surface area contributed by atoms with Crippen LogP contribution in [0.3, 0.4) is 0 Å². The van der Waals surface area contributed by atoms with E-state index >= 15 is 0 Å². The molecule has 0 saturated heterocycles. The van der Waals surface area contributed by atoms with Crippen LogP contribution in [0.4, 0.5) is 4.39 Å². The Bertz CT molecular complexity index is 337. The molecule has 15 heavy (non-hydrogen) atoms. The number of ether oxygens (including phenoxy) is 1. The van der Waals surface area contributed by atoms with E-state index in [0.717, 1.165) is 6.20 Å². The van der Waals surface area contributed by atoms with Crippen molar-refractivity contribution in [3.63, 3.8) is 0 Å². The minimum absolute atomic E-state index is 0.0253. The maximum atomic E-state index is 13.1. The van der Waals surface area contributed by atoms with Gasteiger partial charge in [-0.2, -0.15) is 9.37 Å². The topological polar surface area (TPSA) is 55.2 Å². The highest BCUT2D eigenvalue weighted by molar-refractivity contribution is 5.15. The van der Waals surface area contributed by atoms with E-state index in [1.165, 1.54) is 0 Å². The second-order valence-corrected chi connectivity index (χ2v) is 4.17. The molecule has 0 aliphatic rings. The van der Waals surface area contributed by atoms with E-state index < -0.39 is 5.82 Å². The van der Waals surface area contributed by atoms with Crippen molar-refractivity contribution >= 4 is 0 Å². The molecule has 84 valence electrons. The summed E-state index contributed by atoms with van der Waals surface area (Å²) in [6, 6.07) is 0. The Labute approximate surface area is 88.1 Å². The largest absolute Gasteiger partial charge is 0.473 e. The van der Waals surface area contributed by atoms with Gasteiger partial charge in [0.05, 0.1) is 12.8 Å². The average molecular weight is 214 g/mol. The van der Waals surface area contributed by atoms with E-state index in [2.05, 4.69) is 9.97 Å². The van der Waals surface area contributed by atoms with Crippen molar-refractivity contribution < 1.29 is 14.2 Å². The van der Waals surface area contributed by atoms with E-state index in [1.807, 2.05) is 20.8 Å². The van der Waals surface area contributed by atoms with Gasteiger partial charge < -0.3 is 9.84 Å². The Morgan fingerprint density at radius 1 is 1.47 bits per heavy atom. The SMILES string of the molecule is CC(C)(C)c1ncc(F)c(OCCO)n1. The quantitative estimate of drug-likeness (QED) is 0.823. The zero-order chi connectivity index (χ0) is 11.5. The Morgan fingerprint density at radius 3 is 2.67 bits per heavy atom. The van der Waals surface area contributed by atoms with Gasteiger partial charge in [0.1, 0.15) is 12.4 Å². The molecule has 1 N–H and O–H groups in total. The predicted octanol–water partition coefficient (Wildman–Crippen LogP) is 1.28. The van der Waals surface area contributed by atoms with E-state index in [1.54, 1.807) is 0 Å². The molecular weight excluding hydrogens is 199 g/mol. The standard InChI is InChI=1S/C10H15FN2O2/c1-10(2,3)9-12-6-7(11)8(13-9)15-5-4-14/h6,14H,4-5H2,1-3H3. The average Bonchev–Trinajstić information content (AvgIpc) is 2.15. The summed E-state index contributed by atoms with van der Waals surface area (Å²) in [5.41, 5.74) is -0.259. The van der Waals surface area contributed by atoms with Crippen molar-refractivity contribution in [3.05, 3.63) is 17.8 Å². The Hall–Kier alpha value is -1.23. The molecule has 0 saturated carbocycles. The van der Waals surface area contributed by atoms with Crippen molar-refractivity contribution in [1.29, 1.82) is 0 Å².